The molecular formula is C35H46O6. The van der Waals surface area contributed by atoms with E-state index in [1.54, 1.807) is 7.11 Å². The van der Waals surface area contributed by atoms with E-state index in [0.29, 0.717) is 13.0 Å². The maximum absolute atomic E-state index is 13.4. The Morgan fingerprint density at radius 1 is 1.05 bits per heavy atom. The number of rotatable bonds is 10. The van der Waals surface area contributed by atoms with Gasteiger partial charge in [-0.25, -0.2) is 0 Å². The number of Topliss-reactive ketones (excluding diaryl/α,β-unsaturated/α-hetero) is 1. The molecule has 0 saturated heterocycles. The van der Waals surface area contributed by atoms with Crippen LogP contribution in [0.15, 0.2) is 66.7 Å². The molecule has 4 rings (SSSR count). The third kappa shape index (κ3) is 6.44. The highest BCUT2D eigenvalue weighted by molar-refractivity contribution is 6.02. The van der Waals surface area contributed by atoms with Gasteiger partial charge in [0.1, 0.15) is 23.9 Å². The summed E-state index contributed by atoms with van der Waals surface area (Å²) in [4.78, 5) is 26.4. The largest absolute Gasteiger partial charge is 0.489 e. The average molecular weight is 563 g/mol. The first-order chi connectivity index (χ1) is 19.5. The van der Waals surface area contributed by atoms with Crippen LogP contribution in [0.5, 0.6) is 5.75 Å². The van der Waals surface area contributed by atoms with Crippen LogP contribution < -0.4 is 4.74 Å². The minimum Gasteiger partial charge on any atom is -0.489 e. The fraction of sp³-hybridized carbons (Fsp3) is 0.543. The lowest BCUT2D eigenvalue weighted by Crippen LogP contribution is -2.65. The quantitative estimate of drug-likeness (QED) is 0.174. The normalized spacial score (nSPS) is 28.7. The van der Waals surface area contributed by atoms with E-state index < -0.39 is 22.9 Å². The van der Waals surface area contributed by atoms with Gasteiger partial charge in [0.2, 0.25) is 0 Å². The van der Waals surface area contributed by atoms with Gasteiger partial charge in [-0.1, -0.05) is 89.2 Å². The van der Waals surface area contributed by atoms with Crippen molar-refractivity contribution in [1.29, 1.82) is 0 Å². The lowest BCUT2D eigenvalue weighted by Gasteiger charge is -2.56. The van der Waals surface area contributed by atoms with Crippen molar-refractivity contribution >= 4 is 11.8 Å². The summed E-state index contributed by atoms with van der Waals surface area (Å²) in [7, 11) is 3.08. The van der Waals surface area contributed by atoms with Crippen LogP contribution in [-0.2, 0) is 30.4 Å². The average Bonchev–Trinajstić information content (AvgIpc) is 2.97. The maximum Gasteiger partial charge on any atom is 0.319 e. The molecule has 6 nitrogen and oxygen atoms in total. The number of hydrogen-bond acceptors (Lipinski definition) is 6. The van der Waals surface area contributed by atoms with Gasteiger partial charge in [-0.3, -0.25) is 9.59 Å². The topological polar surface area (TPSA) is 71.1 Å². The molecule has 1 aliphatic carbocycles. The van der Waals surface area contributed by atoms with Crippen molar-refractivity contribution in [3.8, 4) is 5.75 Å². The van der Waals surface area contributed by atoms with Crippen LogP contribution in [0.4, 0.5) is 0 Å². The summed E-state index contributed by atoms with van der Waals surface area (Å²) in [6, 6.07) is 18.2. The van der Waals surface area contributed by atoms with E-state index in [0.717, 1.165) is 29.7 Å². The maximum atomic E-state index is 13.4. The molecular weight excluding hydrogens is 516 g/mol. The molecule has 0 N–H and O–H groups in total. The molecule has 0 aromatic heterocycles. The Morgan fingerprint density at radius 3 is 2.46 bits per heavy atom. The van der Waals surface area contributed by atoms with E-state index >= 15 is 0 Å². The lowest BCUT2D eigenvalue weighted by molar-refractivity contribution is -0.215. The highest BCUT2D eigenvalue weighted by Gasteiger charge is 2.63. The Labute approximate surface area is 245 Å². The minimum atomic E-state index is -1.04. The molecule has 0 amide bonds. The van der Waals surface area contributed by atoms with Gasteiger partial charge in [0.25, 0.3) is 0 Å². The van der Waals surface area contributed by atoms with E-state index in [-0.39, 0.29) is 35.7 Å². The third-order valence-corrected chi connectivity index (χ3v) is 9.21. The molecule has 1 heterocycles. The van der Waals surface area contributed by atoms with Crippen molar-refractivity contribution in [2.45, 2.75) is 78.3 Å². The fourth-order valence-electron chi connectivity index (χ4n) is 6.83. The molecule has 2 aromatic rings. The molecule has 0 bridgehead atoms. The lowest BCUT2D eigenvalue weighted by atomic mass is 9.55. The van der Waals surface area contributed by atoms with Gasteiger partial charge in [-0.05, 0) is 53.9 Å². The van der Waals surface area contributed by atoms with E-state index in [1.165, 1.54) is 7.11 Å². The van der Waals surface area contributed by atoms with Crippen LogP contribution >= 0.6 is 0 Å². The minimum absolute atomic E-state index is 0.0995. The fourth-order valence-corrected chi connectivity index (χ4v) is 6.83. The monoisotopic (exact) mass is 562 g/mol. The predicted molar refractivity (Wildman–Crippen MR) is 159 cm³/mol. The van der Waals surface area contributed by atoms with Gasteiger partial charge in [0, 0.05) is 18.9 Å². The number of esters is 1. The van der Waals surface area contributed by atoms with Gasteiger partial charge in [-0.2, -0.15) is 0 Å². The number of methoxy groups -OCH3 is 2. The summed E-state index contributed by atoms with van der Waals surface area (Å²) in [5.41, 5.74) is 0.719. The number of ketones is 1. The Balaban J connectivity index is 1.47. The van der Waals surface area contributed by atoms with Gasteiger partial charge >= 0.3 is 5.97 Å². The molecule has 222 valence electrons. The van der Waals surface area contributed by atoms with Crippen LogP contribution in [0.3, 0.4) is 0 Å². The van der Waals surface area contributed by atoms with Crippen molar-refractivity contribution in [3.63, 3.8) is 0 Å². The summed E-state index contributed by atoms with van der Waals surface area (Å²) in [6.45, 7) is 10.9. The second-order valence-corrected chi connectivity index (χ2v) is 12.6. The van der Waals surface area contributed by atoms with Gasteiger partial charge < -0.3 is 18.9 Å². The van der Waals surface area contributed by atoms with Gasteiger partial charge in [0.05, 0.1) is 19.3 Å². The molecule has 0 radical (unpaired) electrons. The second kappa shape index (κ2) is 12.9. The van der Waals surface area contributed by atoms with E-state index in [9.17, 15) is 9.59 Å². The van der Waals surface area contributed by atoms with Crippen LogP contribution in [0.2, 0.25) is 0 Å². The summed E-state index contributed by atoms with van der Waals surface area (Å²) >= 11 is 0. The summed E-state index contributed by atoms with van der Waals surface area (Å²) in [6.07, 6.45) is 6.14. The Bertz CT molecular complexity index is 1220. The molecule has 6 heteroatoms. The molecule has 0 unspecified atom stereocenters. The number of ether oxygens (including phenoxy) is 4. The smallest absolute Gasteiger partial charge is 0.319 e. The van der Waals surface area contributed by atoms with Gasteiger partial charge in [0.15, 0.2) is 5.78 Å². The molecule has 1 aliphatic heterocycles. The van der Waals surface area contributed by atoms with Crippen molar-refractivity contribution in [2.75, 3.05) is 14.2 Å². The number of carbonyl (C=O) groups excluding carboxylic acids is 2. The first-order valence-corrected chi connectivity index (χ1v) is 14.8. The summed E-state index contributed by atoms with van der Waals surface area (Å²) in [5.74, 6) is -0.730. The van der Waals surface area contributed by atoms with Crippen LogP contribution in [0.1, 0.15) is 71.1 Å². The Morgan fingerprint density at radius 2 is 1.78 bits per heavy atom. The molecule has 1 saturated carbocycles. The van der Waals surface area contributed by atoms with E-state index in [1.807, 2.05) is 43.3 Å². The van der Waals surface area contributed by atoms with E-state index in [4.69, 9.17) is 18.9 Å². The first-order valence-electron chi connectivity index (χ1n) is 14.8. The summed E-state index contributed by atoms with van der Waals surface area (Å²) in [5, 5.41) is 0. The SMILES string of the molecule is COC(=O)[C@@H]1C(=O)[C@@H](C)CC(C)(C)[C@]12C=C[C@H](C)[C@@H]([C@@H](C)CC[C@H](OC)c1cccc(OCc3ccccc3)c1)O2. The first kappa shape index (κ1) is 31.0. The van der Waals surface area contributed by atoms with Gasteiger partial charge in [-0.15, -0.1) is 0 Å². The third-order valence-electron chi connectivity index (χ3n) is 9.21. The molecule has 7 atom stereocenters. The number of benzene rings is 2. The standard InChI is InChI=1S/C35H46O6/c1-23(16-17-29(38-6)27-14-11-15-28(20-27)40-22-26-12-9-8-10-13-26)32-24(2)18-19-35(41-32)30(33(37)39-7)31(36)25(3)21-34(35,4)5/h8-15,18-20,23-25,29-30,32H,16-17,21-22H2,1-7H3/t23-,24-,25-,29-,30-,32+,35-/m0/s1. The molecule has 41 heavy (non-hydrogen) atoms. The molecule has 2 aliphatic rings. The zero-order valence-corrected chi connectivity index (χ0v) is 25.6. The van der Waals surface area contributed by atoms with E-state index in [2.05, 4.69) is 58.0 Å². The second-order valence-electron chi connectivity index (χ2n) is 12.6. The zero-order valence-electron chi connectivity index (χ0n) is 25.6. The Hall–Kier alpha value is -2.96. The molecule has 2 aromatic carbocycles. The van der Waals surface area contributed by atoms with Crippen LogP contribution in [-0.4, -0.2) is 37.7 Å². The van der Waals surface area contributed by atoms with Crippen LogP contribution in [0, 0.1) is 29.1 Å². The van der Waals surface area contributed by atoms with Crippen molar-refractivity contribution in [1.82, 2.24) is 0 Å². The van der Waals surface area contributed by atoms with Crippen molar-refractivity contribution in [2.24, 2.45) is 29.1 Å². The number of carbonyl (C=O) groups is 2. The molecule has 1 fully saturated rings. The Kier molecular flexibility index (Phi) is 9.76. The van der Waals surface area contributed by atoms with Crippen LogP contribution in [0.25, 0.3) is 0 Å². The highest BCUT2D eigenvalue weighted by Crippen LogP contribution is 2.54. The predicted octanol–water partition coefficient (Wildman–Crippen LogP) is 7.12. The summed E-state index contributed by atoms with van der Waals surface area (Å²) < 4.78 is 24.1. The number of hydrogen-bond donors (Lipinski definition) is 0. The zero-order chi connectivity index (χ0) is 29.8. The van der Waals surface area contributed by atoms with Crippen molar-refractivity contribution < 1.29 is 28.5 Å². The highest BCUT2D eigenvalue weighted by atomic mass is 16.5. The van der Waals surface area contributed by atoms with Crippen molar-refractivity contribution in [3.05, 3.63) is 77.9 Å². The molecule has 1 spiro atoms.